The molecule has 6 nitrogen and oxygen atoms in total. The van der Waals surface area contributed by atoms with Crippen molar-refractivity contribution in [3.05, 3.63) is 91.9 Å². The summed E-state index contributed by atoms with van der Waals surface area (Å²) in [6.45, 7) is 7.25. The number of rotatable bonds is 7. The highest BCUT2D eigenvalue weighted by molar-refractivity contribution is 6.53. The van der Waals surface area contributed by atoms with Crippen LogP contribution in [0.1, 0.15) is 53.7 Å². The molecule has 1 aliphatic carbocycles. The smallest absolute Gasteiger partial charge is 0.414 e. The van der Waals surface area contributed by atoms with Gasteiger partial charge in [0.1, 0.15) is 9.93 Å². The summed E-state index contributed by atoms with van der Waals surface area (Å²) in [4.78, 5) is 40.3. The quantitative estimate of drug-likeness (QED) is 0.201. The molecule has 0 heterocycles. The first kappa shape index (κ1) is 32.4. The number of ketones is 1. The third kappa shape index (κ3) is 7.35. The molecule has 1 fully saturated rings. The minimum Gasteiger partial charge on any atom is -0.443 e. The first-order chi connectivity index (χ1) is 19.5. The average molecular weight is 671 g/mol. The van der Waals surface area contributed by atoms with Crippen LogP contribution in [0, 0.1) is 12.8 Å². The third-order valence-electron chi connectivity index (χ3n) is 6.77. The number of hydrogen-bond donors (Lipinski definition) is 1. The Labute approximate surface area is 270 Å². The van der Waals surface area contributed by atoms with Gasteiger partial charge in [-0.05, 0) is 86.8 Å². The zero-order valence-corrected chi connectivity index (χ0v) is 27.3. The van der Waals surface area contributed by atoms with E-state index in [-0.39, 0.29) is 22.8 Å². The van der Waals surface area contributed by atoms with Gasteiger partial charge in [-0.1, -0.05) is 46.9 Å². The lowest BCUT2D eigenvalue weighted by atomic mass is 10.00. The number of hydrogen-bond acceptors (Lipinski definition) is 4. The number of carbonyl (C=O) groups is 3. The minimum atomic E-state index is -1.34. The van der Waals surface area contributed by atoms with Crippen molar-refractivity contribution in [1.29, 1.82) is 0 Å². The van der Waals surface area contributed by atoms with Gasteiger partial charge in [-0.25, -0.2) is 4.79 Å². The molecule has 0 spiro atoms. The van der Waals surface area contributed by atoms with Crippen molar-refractivity contribution in [2.75, 3.05) is 17.3 Å². The zero-order valence-electron chi connectivity index (χ0n) is 23.5. The first-order valence-electron chi connectivity index (χ1n) is 13.0. The van der Waals surface area contributed by atoms with Crippen LogP contribution < -0.4 is 10.2 Å². The van der Waals surface area contributed by atoms with Gasteiger partial charge in [0, 0.05) is 46.4 Å². The highest BCUT2D eigenvalue weighted by Gasteiger charge is 2.67. The van der Waals surface area contributed by atoms with Gasteiger partial charge < -0.3 is 10.1 Å². The van der Waals surface area contributed by atoms with Crippen LogP contribution in [-0.4, -0.2) is 34.8 Å². The number of ether oxygens (including phenoxy) is 1. The van der Waals surface area contributed by atoms with Crippen molar-refractivity contribution in [3.63, 3.8) is 0 Å². The average Bonchev–Trinajstić information content (AvgIpc) is 3.45. The largest absolute Gasteiger partial charge is 0.443 e. The van der Waals surface area contributed by atoms with E-state index < -0.39 is 33.8 Å². The summed E-state index contributed by atoms with van der Waals surface area (Å²) in [6.07, 6.45) is -0.421. The Morgan fingerprint density at radius 1 is 0.952 bits per heavy atom. The highest BCUT2D eigenvalue weighted by Crippen LogP contribution is 2.65. The summed E-state index contributed by atoms with van der Waals surface area (Å²) in [7, 11) is 1.63. The molecule has 11 heteroatoms. The van der Waals surface area contributed by atoms with E-state index in [1.54, 1.807) is 70.3 Å². The van der Waals surface area contributed by atoms with Crippen molar-refractivity contribution in [1.82, 2.24) is 0 Å². The van der Waals surface area contributed by atoms with Crippen LogP contribution in [0.15, 0.2) is 54.6 Å². The lowest BCUT2D eigenvalue weighted by Crippen LogP contribution is -2.34. The molecular formula is C31H29Cl5N2O4. The predicted molar refractivity (Wildman–Crippen MR) is 171 cm³/mol. The van der Waals surface area contributed by atoms with E-state index in [1.165, 1.54) is 11.0 Å². The molecule has 222 valence electrons. The number of carbonyl (C=O) groups excluding carboxylic acids is 3. The van der Waals surface area contributed by atoms with Crippen molar-refractivity contribution < 1.29 is 19.1 Å². The van der Waals surface area contributed by atoms with Gasteiger partial charge in [0.05, 0.1) is 10.9 Å². The highest BCUT2D eigenvalue weighted by atomic mass is 35.5. The number of alkyl halides is 2. The van der Waals surface area contributed by atoms with Gasteiger partial charge >= 0.3 is 6.09 Å². The Kier molecular flexibility index (Phi) is 9.46. The molecule has 1 saturated carbocycles. The second kappa shape index (κ2) is 12.3. The van der Waals surface area contributed by atoms with Crippen molar-refractivity contribution >= 4 is 87.2 Å². The molecule has 1 aliphatic rings. The number of aryl methyl sites for hydroxylation is 1. The van der Waals surface area contributed by atoms with Gasteiger partial charge in [0.2, 0.25) is 5.91 Å². The summed E-state index contributed by atoms with van der Waals surface area (Å²) < 4.78 is 4.10. The molecule has 0 bridgehead atoms. The Morgan fingerprint density at radius 2 is 1.60 bits per heavy atom. The van der Waals surface area contributed by atoms with E-state index in [1.807, 2.05) is 13.0 Å². The molecule has 3 aromatic carbocycles. The summed E-state index contributed by atoms with van der Waals surface area (Å²) in [5.74, 6) is -1.93. The Balaban J connectivity index is 1.46. The van der Waals surface area contributed by atoms with Crippen molar-refractivity contribution in [2.45, 2.75) is 50.0 Å². The maximum absolute atomic E-state index is 13.3. The molecule has 2 amide bonds. The molecule has 1 N–H and O–H groups in total. The van der Waals surface area contributed by atoms with Crippen LogP contribution >= 0.6 is 58.0 Å². The third-order valence-corrected chi connectivity index (χ3v) is 8.48. The molecule has 42 heavy (non-hydrogen) atoms. The number of anilines is 2. The Bertz CT molecular complexity index is 1550. The van der Waals surface area contributed by atoms with E-state index in [4.69, 9.17) is 62.7 Å². The molecule has 4 rings (SSSR count). The standard InChI is InChI=1S/C31H29Cl5N2O4/c1-16-10-17(6-9-24(16)38(5)29(41)42-30(2,3)4)11-25(39)22-15-21(7-8-23(22)34)37-28(40)27-26(31(27,35)36)18-12-19(32)14-20(33)13-18/h6-10,12-15,26-27H,11H2,1-5H3,(H,37,40). The van der Waals surface area contributed by atoms with Gasteiger partial charge in [-0.15, -0.1) is 23.2 Å². The number of nitrogens with zero attached hydrogens (tertiary/aromatic N) is 1. The SMILES string of the molecule is Cc1cc(CC(=O)c2cc(NC(=O)C3C(c4cc(Cl)cc(Cl)c4)C3(Cl)Cl)ccc2Cl)ccc1N(C)C(=O)OC(C)(C)C. The van der Waals surface area contributed by atoms with Crippen LogP contribution in [0.3, 0.4) is 0 Å². The molecule has 0 saturated heterocycles. The molecule has 2 atom stereocenters. The Morgan fingerprint density at radius 3 is 2.19 bits per heavy atom. The van der Waals surface area contributed by atoms with Crippen molar-refractivity contribution in [3.8, 4) is 0 Å². The van der Waals surface area contributed by atoms with E-state index in [2.05, 4.69) is 5.32 Å². The number of Topliss-reactive ketones (excluding diaryl/α,β-unsaturated/α-hetero) is 1. The topological polar surface area (TPSA) is 75.7 Å². The minimum absolute atomic E-state index is 0.0566. The van der Waals surface area contributed by atoms with Gasteiger partial charge in [0.25, 0.3) is 0 Å². The molecule has 0 aromatic heterocycles. The van der Waals surface area contributed by atoms with Crippen molar-refractivity contribution in [2.24, 2.45) is 5.92 Å². The number of amides is 2. The molecule has 0 aliphatic heterocycles. The number of benzene rings is 3. The molecule has 3 aromatic rings. The van der Waals surface area contributed by atoms with Gasteiger partial charge in [0.15, 0.2) is 5.78 Å². The van der Waals surface area contributed by atoms with E-state index in [9.17, 15) is 14.4 Å². The fraction of sp³-hybridized carbons (Fsp3) is 0.323. The summed E-state index contributed by atoms with van der Waals surface area (Å²) in [5.41, 5.74) is 2.85. The second-order valence-electron chi connectivity index (χ2n) is 11.3. The fourth-order valence-corrected chi connectivity index (χ4v) is 6.37. The second-order valence-corrected chi connectivity index (χ2v) is 14.0. The lowest BCUT2D eigenvalue weighted by Gasteiger charge is -2.25. The Hall–Kier alpha value is -2.48. The number of nitrogens with one attached hydrogen (secondary N) is 1. The summed E-state index contributed by atoms with van der Waals surface area (Å²) >= 11 is 31.6. The normalized spacial score (nSPS) is 17.4. The molecule has 0 radical (unpaired) electrons. The summed E-state index contributed by atoms with van der Waals surface area (Å²) in [5, 5.41) is 3.87. The van der Waals surface area contributed by atoms with E-state index in [0.717, 1.165) is 11.1 Å². The fourth-order valence-electron chi connectivity index (χ4n) is 4.77. The monoisotopic (exact) mass is 668 g/mol. The van der Waals surface area contributed by atoms with Crippen LogP contribution in [0.5, 0.6) is 0 Å². The van der Waals surface area contributed by atoms with Crippen LogP contribution in [0.2, 0.25) is 15.1 Å². The van der Waals surface area contributed by atoms with E-state index >= 15 is 0 Å². The molecule has 2 unspecified atom stereocenters. The maximum Gasteiger partial charge on any atom is 0.414 e. The van der Waals surface area contributed by atoms with Gasteiger partial charge in [-0.2, -0.15) is 0 Å². The van der Waals surface area contributed by atoms with E-state index in [0.29, 0.717) is 27.0 Å². The van der Waals surface area contributed by atoms with Crippen LogP contribution in [-0.2, 0) is 16.0 Å². The predicted octanol–water partition coefficient (Wildman–Crippen LogP) is 9.28. The van der Waals surface area contributed by atoms with Crippen LogP contribution in [0.25, 0.3) is 0 Å². The first-order valence-corrected chi connectivity index (χ1v) is 14.9. The lowest BCUT2D eigenvalue weighted by molar-refractivity contribution is -0.117. The summed E-state index contributed by atoms with van der Waals surface area (Å²) in [6, 6.07) is 15.0. The molecular weight excluding hydrogens is 642 g/mol. The number of halogens is 5. The zero-order chi connectivity index (χ0) is 31.1. The van der Waals surface area contributed by atoms with Crippen LogP contribution in [0.4, 0.5) is 16.2 Å². The van der Waals surface area contributed by atoms with Gasteiger partial charge in [-0.3, -0.25) is 14.5 Å². The maximum atomic E-state index is 13.3.